The van der Waals surface area contributed by atoms with E-state index in [0.29, 0.717) is 36.7 Å². The fraction of sp³-hybridized carbons (Fsp3) is 0.591. The number of carbonyl (C=O) groups excluding carboxylic acids is 2. The minimum Gasteiger partial charge on any atom is -0.481 e. The van der Waals surface area contributed by atoms with E-state index < -0.39 is 5.97 Å². The number of nitrogens with zero attached hydrogens (tertiary/aromatic N) is 3. The first-order chi connectivity index (χ1) is 13.8. The molecule has 3 rings (SSSR count). The summed E-state index contributed by atoms with van der Waals surface area (Å²) in [5.41, 5.74) is 1.05. The van der Waals surface area contributed by atoms with Gasteiger partial charge in [-0.05, 0) is 44.9 Å². The lowest BCUT2D eigenvalue weighted by Crippen LogP contribution is -2.57. The molecule has 158 valence electrons. The molecular formula is C22H31N3O4. The Kier molecular flexibility index (Phi) is 7.03. The molecule has 1 amide bonds. The molecule has 2 fully saturated rings. The molecule has 0 radical (unpaired) electrons. The van der Waals surface area contributed by atoms with Gasteiger partial charge in [0.2, 0.25) is 0 Å². The predicted octanol–water partition coefficient (Wildman–Crippen LogP) is 1.83. The van der Waals surface area contributed by atoms with Crippen LogP contribution in [0.25, 0.3) is 0 Å². The molecule has 2 aliphatic heterocycles. The van der Waals surface area contributed by atoms with Crippen LogP contribution in [0.3, 0.4) is 0 Å². The van der Waals surface area contributed by atoms with E-state index >= 15 is 0 Å². The molecule has 0 spiro atoms. The summed E-state index contributed by atoms with van der Waals surface area (Å²) < 4.78 is 0. The molecule has 0 aliphatic carbocycles. The molecule has 2 heterocycles. The number of hydrogen-bond acceptors (Lipinski definition) is 5. The average molecular weight is 402 g/mol. The van der Waals surface area contributed by atoms with E-state index in [4.69, 9.17) is 0 Å². The van der Waals surface area contributed by atoms with Crippen molar-refractivity contribution in [2.45, 2.75) is 32.2 Å². The van der Waals surface area contributed by atoms with Crippen molar-refractivity contribution in [3.8, 4) is 0 Å². The molecule has 1 aromatic carbocycles. The lowest BCUT2D eigenvalue weighted by atomic mass is 9.86. The Morgan fingerprint density at radius 1 is 1.07 bits per heavy atom. The Hall–Kier alpha value is -2.25. The van der Waals surface area contributed by atoms with E-state index in [1.54, 1.807) is 24.3 Å². The third-order valence-corrected chi connectivity index (χ3v) is 6.23. The SMILES string of the molecule is CC(=O)c1cccc(C(=O)N2CC[C@H](N3CCN(C)CC3)[C@H](CCC(=O)O)C2)c1. The van der Waals surface area contributed by atoms with Crippen LogP contribution >= 0.6 is 0 Å². The van der Waals surface area contributed by atoms with Crippen LogP contribution in [0, 0.1) is 5.92 Å². The van der Waals surface area contributed by atoms with Crippen molar-refractivity contribution in [3.63, 3.8) is 0 Å². The molecule has 0 unspecified atom stereocenters. The van der Waals surface area contributed by atoms with Gasteiger partial charge in [0.25, 0.3) is 5.91 Å². The maximum atomic E-state index is 13.1. The zero-order valence-electron chi connectivity index (χ0n) is 17.3. The highest BCUT2D eigenvalue weighted by molar-refractivity contribution is 5.99. The van der Waals surface area contributed by atoms with Gasteiger partial charge in [-0.2, -0.15) is 0 Å². The molecule has 0 aromatic heterocycles. The molecule has 29 heavy (non-hydrogen) atoms. The number of aliphatic carboxylic acids is 1. The van der Waals surface area contributed by atoms with Gasteiger partial charge >= 0.3 is 5.97 Å². The minimum atomic E-state index is -0.792. The van der Waals surface area contributed by atoms with E-state index in [0.717, 1.165) is 32.6 Å². The fourth-order valence-corrected chi connectivity index (χ4v) is 4.48. The van der Waals surface area contributed by atoms with Crippen LogP contribution in [0.15, 0.2) is 24.3 Å². The lowest BCUT2D eigenvalue weighted by Gasteiger charge is -2.46. The highest BCUT2D eigenvalue weighted by atomic mass is 16.4. The summed E-state index contributed by atoms with van der Waals surface area (Å²) in [6.07, 6.45) is 1.55. The Morgan fingerprint density at radius 2 is 1.76 bits per heavy atom. The Labute approximate surface area is 172 Å². The van der Waals surface area contributed by atoms with Gasteiger partial charge in [-0.15, -0.1) is 0 Å². The number of Topliss-reactive ketones (excluding diaryl/α,β-unsaturated/α-hetero) is 1. The maximum Gasteiger partial charge on any atom is 0.303 e. The summed E-state index contributed by atoms with van der Waals surface area (Å²) in [6.45, 7) is 6.72. The fourth-order valence-electron chi connectivity index (χ4n) is 4.48. The van der Waals surface area contributed by atoms with Crippen molar-refractivity contribution in [1.29, 1.82) is 0 Å². The van der Waals surface area contributed by atoms with Gasteiger partial charge < -0.3 is 14.9 Å². The van der Waals surface area contributed by atoms with Gasteiger partial charge in [-0.1, -0.05) is 12.1 Å². The summed E-state index contributed by atoms with van der Waals surface area (Å²) in [4.78, 5) is 42.5. The number of piperidine rings is 1. The quantitative estimate of drug-likeness (QED) is 0.733. The van der Waals surface area contributed by atoms with Gasteiger partial charge in [0.05, 0.1) is 0 Å². The zero-order chi connectivity index (χ0) is 21.0. The normalized spacial score (nSPS) is 23.7. The number of piperazine rings is 1. The molecule has 7 nitrogen and oxygen atoms in total. The lowest BCUT2D eigenvalue weighted by molar-refractivity contribution is -0.137. The number of carbonyl (C=O) groups is 3. The van der Waals surface area contributed by atoms with E-state index in [1.807, 2.05) is 4.90 Å². The Morgan fingerprint density at radius 3 is 2.41 bits per heavy atom. The predicted molar refractivity (Wildman–Crippen MR) is 110 cm³/mol. The number of likely N-dealkylation sites (tertiary alicyclic amines) is 1. The number of carboxylic acid groups (broad SMARTS) is 1. The van der Waals surface area contributed by atoms with E-state index in [1.165, 1.54) is 6.92 Å². The average Bonchev–Trinajstić information content (AvgIpc) is 2.72. The largest absolute Gasteiger partial charge is 0.481 e. The van der Waals surface area contributed by atoms with Crippen molar-refractivity contribution in [2.75, 3.05) is 46.3 Å². The van der Waals surface area contributed by atoms with Gasteiger partial charge in [0.1, 0.15) is 0 Å². The van der Waals surface area contributed by atoms with Gasteiger partial charge in [0, 0.05) is 62.9 Å². The minimum absolute atomic E-state index is 0.0623. The first-order valence-electron chi connectivity index (χ1n) is 10.4. The van der Waals surface area contributed by atoms with Gasteiger partial charge in [0.15, 0.2) is 5.78 Å². The van der Waals surface area contributed by atoms with Crippen molar-refractivity contribution >= 4 is 17.7 Å². The monoisotopic (exact) mass is 401 g/mol. The summed E-state index contributed by atoms with van der Waals surface area (Å²) >= 11 is 0. The molecule has 2 aliphatic rings. The number of rotatable bonds is 6. The third-order valence-electron chi connectivity index (χ3n) is 6.23. The van der Waals surface area contributed by atoms with Crippen molar-refractivity contribution in [3.05, 3.63) is 35.4 Å². The van der Waals surface area contributed by atoms with E-state index in [2.05, 4.69) is 16.8 Å². The first kappa shape index (κ1) is 21.5. The first-order valence-corrected chi connectivity index (χ1v) is 10.4. The number of benzene rings is 1. The van der Waals surface area contributed by atoms with Crippen molar-refractivity contribution in [2.24, 2.45) is 5.92 Å². The van der Waals surface area contributed by atoms with E-state index in [-0.39, 0.29) is 24.0 Å². The molecule has 0 saturated carbocycles. The maximum absolute atomic E-state index is 13.1. The molecule has 0 bridgehead atoms. The zero-order valence-corrected chi connectivity index (χ0v) is 17.3. The van der Waals surface area contributed by atoms with Crippen LogP contribution < -0.4 is 0 Å². The topological polar surface area (TPSA) is 81.2 Å². The molecule has 1 aromatic rings. The molecule has 7 heteroatoms. The summed E-state index contributed by atoms with van der Waals surface area (Å²) in [7, 11) is 2.12. The van der Waals surface area contributed by atoms with Gasteiger partial charge in [-0.25, -0.2) is 0 Å². The Bertz CT molecular complexity index is 758. The summed E-state index contributed by atoms with van der Waals surface area (Å²) in [5, 5.41) is 9.18. The number of likely N-dealkylation sites (N-methyl/N-ethyl adjacent to an activating group) is 1. The summed E-state index contributed by atoms with van der Waals surface area (Å²) in [5.74, 6) is -0.791. The van der Waals surface area contributed by atoms with Crippen LogP contribution in [0.4, 0.5) is 0 Å². The van der Waals surface area contributed by atoms with E-state index in [9.17, 15) is 19.5 Å². The van der Waals surface area contributed by atoms with Crippen LogP contribution in [-0.2, 0) is 4.79 Å². The molecule has 2 saturated heterocycles. The number of hydrogen-bond donors (Lipinski definition) is 1. The number of amides is 1. The van der Waals surface area contributed by atoms with Crippen LogP contribution in [-0.4, -0.2) is 89.8 Å². The van der Waals surface area contributed by atoms with Crippen molar-refractivity contribution in [1.82, 2.24) is 14.7 Å². The second kappa shape index (κ2) is 9.50. The molecule has 2 atom stereocenters. The second-order valence-corrected chi connectivity index (χ2v) is 8.28. The van der Waals surface area contributed by atoms with Crippen molar-refractivity contribution < 1.29 is 19.5 Å². The van der Waals surface area contributed by atoms with Crippen LogP contribution in [0.1, 0.15) is 46.9 Å². The highest BCUT2D eigenvalue weighted by Gasteiger charge is 2.36. The number of ketones is 1. The second-order valence-electron chi connectivity index (χ2n) is 8.28. The molecular weight excluding hydrogens is 370 g/mol. The number of carboxylic acids is 1. The highest BCUT2D eigenvalue weighted by Crippen LogP contribution is 2.28. The molecule has 1 N–H and O–H groups in total. The smallest absolute Gasteiger partial charge is 0.303 e. The Balaban J connectivity index is 1.72. The summed E-state index contributed by atoms with van der Waals surface area (Å²) in [6, 6.07) is 7.17. The van der Waals surface area contributed by atoms with Crippen LogP contribution in [0.2, 0.25) is 0 Å². The standard InChI is InChI=1S/C22H31N3O4/c1-16(26)17-4-3-5-18(14-17)22(29)25-9-8-20(19(15-25)6-7-21(27)28)24-12-10-23(2)11-13-24/h3-5,14,19-20H,6-13,15H2,1-2H3,(H,27,28)/t19-,20+/m1/s1. The van der Waals surface area contributed by atoms with Gasteiger partial charge in [-0.3, -0.25) is 19.3 Å². The third kappa shape index (κ3) is 5.42. The van der Waals surface area contributed by atoms with Crippen LogP contribution in [0.5, 0.6) is 0 Å².